The molecule has 0 aliphatic carbocycles. The first-order chi connectivity index (χ1) is 16.5. The van der Waals surface area contributed by atoms with E-state index in [1.165, 1.54) is 6.20 Å². The Morgan fingerprint density at radius 1 is 1.18 bits per heavy atom. The molecule has 0 radical (unpaired) electrons. The number of likely N-dealkylation sites (N-methyl/N-ethyl adjacent to an activating group) is 1. The van der Waals surface area contributed by atoms with Crippen molar-refractivity contribution in [2.45, 2.75) is 26.0 Å². The Labute approximate surface area is 194 Å². The van der Waals surface area contributed by atoms with Crippen molar-refractivity contribution in [3.05, 3.63) is 43.0 Å². The molecule has 178 valence electrons. The molecule has 0 bridgehead atoms. The number of nitrogens with zero attached hydrogens (tertiary/aromatic N) is 7. The molecule has 12 heteroatoms. The van der Waals surface area contributed by atoms with Crippen LogP contribution in [0.4, 0.5) is 20.4 Å². The third kappa shape index (κ3) is 4.49. The summed E-state index contributed by atoms with van der Waals surface area (Å²) >= 11 is 0. The predicted molar refractivity (Wildman–Crippen MR) is 120 cm³/mol. The summed E-state index contributed by atoms with van der Waals surface area (Å²) in [6.45, 7) is 2.00. The molecule has 0 saturated carbocycles. The van der Waals surface area contributed by atoms with Gasteiger partial charge in [0.25, 0.3) is 0 Å². The number of anilines is 2. The summed E-state index contributed by atoms with van der Waals surface area (Å²) in [7, 11) is 1.89. The van der Waals surface area contributed by atoms with Crippen molar-refractivity contribution in [1.29, 1.82) is 0 Å². The summed E-state index contributed by atoms with van der Waals surface area (Å²) in [5, 5.41) is 11.9. The van der Waals surface area contributed by atoms with Gasteiger partial charge in [-0.1, -0.05) is 6.92 Å². The maximum atomic E-state index is 12.3. The van der Waals surface area contributed by atoms with E-state index in [1.807, 2.05) is 31.4 Å². The van der Waals surface area contributed by atoms with E-state index in [9.17, 15) is 8.78 Å². The van der Waals surface area contributed by atoms with Gasteiger partial charge in [0.15, 0.2) is 11.6 Å². The first-order valence-electron chi connectivity index (χ1n) is 10.9. The monoisotopic (exact) mass is 470 g/mol. The van der Waals surface area contributed by atoms with E-state index in [0.29, 0.717) is 24.3 Å². The average molecular weight is 470 g/mol. The zero-order valence-corrected chi connectivity index (χ0v) is 18.7. The van der Waals surface area contributed by atoms with Crippen LogP contribution in [-0.4, -0.2) is 66.6 Å². The highest BCUT2D eigenvalue weighted by molar-refractivity contribution is 5.72. The first-order valence-corrected chi connectivity index (χ1v) is 10.9. The number of pyridine rings is 1. The lowest BCUT2D eigenvalue weighted by atomic mass is 10.0. The minimum Gasteiger partial charge on any atom is -0.488 e. The lowest BCUT2D eigenvalue weighted by molar-refractivity contribution is -0.0530. The van der Waals surface area contributed by atoms with Gasteiger partial charge in [-0.15, -0.1) is 0 Å². The highest BCUT2D eigenvalue weighted by Gasteiger charge is 2.27. The van der Waals surface area contributed by atoms with Crippen LogP contribution in [0.15, 0.2) is 43.0 Å². The van der Waals surface area contributed by atoms with Gasteiger partial charge in [-0.2, -0.15) is 19.0 Å². The third-order valence-corrected chi connectivity index (χ3v) is 5.84. The highest BCUT2D eigenvalue weighted by Crippen LogP contribution is 2.31. The molecule has 0 unspecified atom stereocenters. The number of halogens is 2. The molecule has 10 nitrogen and oxygen atoms in total. The molecule has 0 spiro atoms. The normalized spacial score (nSPS) is 16.1. The number of alkyl halides is 2. The van der Waals surface area contributed by atoms with Crippen molar-refractivity contribution in [3.8, 4) is 22.9 Å². The molecular formula is C22H24F2N8O2. The van der Waals surface area contributed by atoms with Gasteiger partial charge < -0.3 is 14.8 Å². The van der Waals surface area contributed by atoms with E-state index in [-0.39, 0.29) is 5.88 Å². The fourth-order valence-corrected chi connectivity index (χ4v) is 4.00. The van der Waals surface area contributed by atoms with Crippen LogP contribution in [-0.2, 0) is 7.05 Å². The van der Waals surface area contributed by atoms with Gasteiger partial charge in [-0.25, -0.2) is 14.5 Å². The highest BCUT2D eigenvalue weighted by atomic mass is 19.3. The molecule has 0 aromatic carbocycles. The van der Waals surface area contributed by atoms with Crippen LogP contribution in [0.5, 0.6) is 11.6 Å². The number of ether oxygens (including phenoxy) is 2. The second-order valence-electron chi connectivity index (χ2n) is 7.92. The molecule has 4 aromatic heterocycles. The van der Waals surface area contributed by atoms with Crippen LogP contribution in [0.25, 0.3) is 16.8 Å². The van der Waals surface area contributed by atoms with Crippen LogP contribution in [0, 0.1) is 0 Å². The lowest BCUT2D eigenvalue weighted by Crippen LogP contribution is -2.50. The zero-order valence-electron chi connectivity index (χ0n) is 18.7. The van der Waals surface area contributed by atoms with E-state index in [1.54, 1.807) is 15.4 Å². The SMILES string of the molecule is CCN1CC[C@@H]1COc1cnn(C)c1-c1ccn2nc(Nc3cnc(OC(F)F)cn3)cc2c1. The molecule has 1 aliphatic heterocycles. The fraction of sp³-hybridized carbons (Fsp3) is 0.364. The lowest BCUT2D eigenvalue weighted by Gasteiger charge is -2.39. The maximum Gasteiger partial charge on any atom is 0.388 e. The molecule has 1 atom stereocenters. The summed E-state index contributed by atoms with van der Waals surface area (Å²) < 4.78 is 38.4. The summed E-state index contributed by atoms with van der Waals surface area (Å²) in [5.41, 5.74) is 2.68. The van der Waals surface area contributed by atoms with Crippen molar-refractivity contribution in [3.63, 3.8) is 0 Å². The minimum atomic E-state index is -2.95. The van der Waals surface area contributed by atoms with Gasteiger partial charge in [-0.05, 0) is 25.1 Å². The Kier molecular flexibility index (Phi) is 5.97. The molecule has 0 amide bonds. The number of aromatic nitrogens is 6. The van der Waals surface area contributed by atoms with E-state index in [4.69, 9.17) is 4.74 Å². The van der Waals surface area contributed by atoms with E-state index in [2.05, 4.69) is 42.0 Å². The number of fused-ring (bicyclic) bond motifs is 1. The van der Waals surface area contributed by atoms with E-state index >= 15 is 0 Å². The van der Waals surface area contributed by atoms with Gasteiger partial charge in [0.2, 0.25) is 5.88 Å². The van der Waals surface area contributed by atoms with Gasteiger partial charge >= 0.3 is 6.61 Å². The molecular weight excluding hydrogens is 446 g/mol. The van der Waals surface area contributed by atoms with Gasteiger partial charge in [0.1, 0.15) is 18.1 Å². The number of nitrogens with one attached hydrogen (secondary N) is 1. The number of aryl methyl sites for hydroxylation is 1. The molecule has 34 heavy (non-hydrogen) atoms. The molecule has 1 saturated heterocycles. The summed E-state index contributed by atoms with van der Waals surface area (Å²) in [4.78, 5) is 10.2. The first kappa shape index (κ1) is 22.0. The van der Waals surface area contributed by atoms with Gasteiger partial charge in [0, 0.05) is 37.5 Å². The number of hydrogen-bond acceptors (Lipinski definition) is 8. The number of rotatable bonds is 9. The van der Waals surface area contributed by atoms with Crippen LogP contribution < -0.4 is 14.8 Å². The third-order valence-electron chi connectivity index (χ3n) is 5.84. The Balaban J connectivity index is 1.33. The van der Waals surface area contributed by atoms with Crippen LogP contribution >= 0.6 is 0 Å². The molecule has 5 heterocycles. The molecule has 5 rings (SSSR count). The molecule has 1 N–H and O–H groups in total. The van der Waals surface area contributed by atoms with Crippen LogP contribution in [0.2, 0.25) is 0 Å². The van der Waals surface area contributed by atoms with Crippen molar-refractivity contribution in [2.75, 3.05) is 25.0 Å². The Morgan fingerprint density at radius 3 is 2.76 bits per heavy atom. The molecule has 1 aliphatic rings. The summed E-state index contributed by atoms with van der Waals surface area (Å²) in [5.74, 6) is 1.37. The quantitative estimate of drug-likeness (QED) is 0.398. The van der Waals surface area contributed by atoms with Crippen molar-refractivity contribution >= 4 is 17.2 Å². The predicted octanol–water partition coefficient (Wildman–Crippen LogP) is 3.34. The van der Waals surface area contributed by atoms with Crippen molar-refractivity contribution < 1.29 is 18.3 Å². The minimum absolute atomic E-state index is 0.255. The topological polar surface area (TPSA) is 94.6 Å². The molecule has 4 aromatic rings. The van der Waals surface area contributed by atoms with Crippen LogP contribution in [0.1, 0.15) is 13.3 Å². The second-order valence-corrected chi connectivity index (χ2v) is 7.92. The van der Waals surface area contributed by atoms with Crippen molar-refractivity contribution in [2.24, 2.45) is 7.05 Å². The zero-order chi connectivity index (χ0) is 23.7. The summed E-state index contributed by atoms with van der Waals surface area (Å²) in [6.07, 6.45) is 7.16. The number of likely N-dealkylation sites (tertiary alicyclic amines) is 1. The smallest absolute Gasteiger partial charge is 0.388 e. The Morgan fingerprint density at radius 2 is 2.06 bits per heavy atom. The number of hydrogen-bond donors (Lipinski definition) is 1. The van der Waals surface area contributed by atoms with Gasteiger partial charge in [-0.3, -0.25) is 9.58 Å². The Hall–Kier alpha value is -3.80. The maximum absolute atomic E-state index is 12.3. The van der Waals surface area contributed by atoms with Gasteiger partial charge in [0.05, 0.1) is 24.1 Å². The van der Waals surface area contributed by atoms with Crippen molar-refractivity contribution in [1.82, 2.24) is 34.3 Å². The fourth-order valence-electron chi connectivity index (χ4n) is 4.00. The average Bonchev–Trinajstić information content (AvgIpc) is 3.36. The standard InChI is InChI=1S/C22H24F2N8O2/c1-3-31-6-5-15(31)13-33-17-10-27-30(2)21(17)14-4-7-32-16(8-14)9-18(29-32)28-19-11-26-20(12-25-19)34-22(23)24/h4,7-12,15,22H,3,5-6,13H2,1-2H3,(H,25,28,29)/t15-/m1/s1. The van der Waals surface area contributed by atoms with E-state index in [0.717, 1.165) is 48.2 Å². The van der Waals surface area contributed by atoms with E-state index < -0.39 is 6.61 Å². The van der Waals surface area contributed by atoms with Crippen LogP contribution in [0.3, 0.4) is 0 Å². The summed E-state index contributed by atoms with van der Waals surface area (Å²) in [6, 6.07) is 6.24. The Bertz CT molecular complexity index is 1270. The second kappa shape index (κ2) is 9.21. The largest absolute Gasteiger partial charge is 0.488 e. The molecule has 1 fully saturated rings.